The molecule has 0 aliphatic heterocycles. The van der Waals surface area contributed by atoms with Gasteiger partial charge in [-0.1, -0.05) is 13.8 Å². The Balaban J connectivity index is 0.000000671. The van der Waals surface area contributed by atoms with Gasteiger partial charge in [-0.15, -0.1) is 0 Å². The highest BCUT2D eigenvalue weighted by atomic mass is 16.1. The molecule has 1 aromatic heterocycles. The second kappa shape index (κ2) is 6.17. The van der Waals surface area contributed by atoms with Crippen LogP contribution in [0.4, 0.5) is 5.69 Å². The van der Waals surface area contributed by atoms with Crippen LogP contribution in [0.15, 0.2) is 22.1 Å². The van der Waals surface area contributed by atoms with Crippen molar-refractivity contribution in [3.63, 3.8) is 0 Å². The summed E-state index contributed by atoms with van der Waals surface area (Å²) in [5.41, 5.74) is 1.25. The van der Waals surface area contributed by atoms with E-state index in [0.29, 0.717) is 5.69 Å². The number of hydrogen-bond acceptors (Lipinski definition) is 2. The zero-order valence-corrected chi connectivity index (χ0v) is 8.59. The highest BCUT2D eigenvalue weighted by Gasteiger charge is 1.97. The standard InChI is InChI=1S/C8H10N2O.C2H6/c1-3-9-7-6(2)4-5-10-8(7)11;1-2/h3-5H,1-2H3,(H,10,11);1-2H3. The van der Waals surface area contributed by atoms with E-state index in [1.54, 1.807) is 19.3 Å². The summed E-state index contributed by atoms with van der Waals surface area (Å²) in [4.78, 5) is 17.6. The minimum atomic E-state index is -0.136. The van der Waals surface area contributed by atoms with Gasteiger partial charge in [0.15, 0.2) is 0 Å². The third-order valence-electron chi connectivity index (χ3n) is 1.39. The zero-order chi connectivity index (χ0) is 10.3. The number of rotatable bonds is 1. The van der Waals surface area contributed by atoms with Gasteiger partial charge in [0, 0.05) is 12.4 Å². The summed E-state index contributed by atoms with van der Waals surface area (Å²) in [7, 11) is 0. The Morgan fingerprint density at radius 2 is 2.08 bits per heavy atom. The summed E-state index contributed by atoms with van der Waals surface area (Å²) < 4.78 is 0. The first kappa shape index (κ1) is 11.6. The van der Waals surface area contributed by atoms with E-state index >= 15 is 0 Å². The van der Waals surface area contributed by atoms with E-state index in [1.807, 2.05) is 26.8 Å². The van der Waals surface area contributed by atoms with Gasteiger partial charge in [-0.05, 0) is 25.5 Å². The van der Waals surface area contributed by atoms with Crippen LogP contribution < -0.4 is 5.56 Å². The predicted octanol–water partition coefficient (Wildman–Crippen LogP) is 2.43. The van der Waals surface area contributed by atoms with E-state index < -0.39 is 0 Å². The molecule has 0 saturated carbocycles. The third-order valence-corrected chi connectivity index (χ3v) is 1.39. The Labute approximate surface area is 78.5 Å². The molecule has 3 nitrogen and oxygen atoms in total. The Morgan fingerprint density at radius 3 is 2.54 bits per heavy atom. The molecule has 72 valence electrons. The van der Waals surface area contributed by atoms with E-state index in [2.05, 4.69) is 9.98 Å². The first-order valence-electron chi connectivity index (χ1n) is 4.42. The average molecular weight is 180 g/mol. The first-order chi connectivity index (χ1) is 6.25. The molecule has 1 heterocycles. The Bertz CT molecular complexity index is 326. The van der Waals surface area contributed by atoms with Crippen LogP contribution in [0.1, 0.15) is 26.3 Å². The van der Waals surface area contributed by atoms with Crippen molar-refractivity contribution >= 4 is 11.9 Å². The topological polar surface area (TPSA) is 45.2 Å². The largest absolute Gasteiger partial charge is 0.327 e. The normalized spacial score (nSPS) is 9.54. The SMILES string of the molecule is CC.CC=Nc1c(C)cc[nH]c1=O. The first-order valence-corrected chi connectivity index (χ1v) is 4.42. The van der Waals surface area contributed by atoms with E-state index in [0.717, 1.165) is 5.56 Å². The van der Waals surface area contributed by atoms with Crippen LogP contribution in [0.5, 0.6) is 0 Å². The van der Waals surface area contributed by atoms with Crippen LogP contribution in [-0.4, -0.2) is 11.2 Å². The molecule has 0 unspecified atom stereocenters. The number of nitrogens with one attached hydrogen (secondary N) is 1. The Morgan fingerprint density at radius 1 is 1.46 bits per heavy atom. The third kappa shape index (κ3) is 3.23. The summed E-state index contributed by atoms with van der Waals surface area (Å²) in [6.45, 7) is 7.64. The molecule has 1 rings (SSSR count). The van der Waals surface area contributed by atoms with E-state index in [4.69, 9.17) is 0 Å². The van der Waals surface area contributed by atoms with Crippen molar-refractivity contribution in [1.29, 1.82) is 0 Å². The number of hydrogen-bond donors (Lipinski definition) is 1. The van der Waals surface area contributed by atoms with Crippen molar-refractivity contribution in [3.05, 3.63) is 28.2 Å². The van der Waals surface area contributed by atoms with Crippen LogP contribution in [0, 0.1) is 6.92 Å². The molecule has 0 aromatic carbocycles. The maximum absolute atomic E-state index is 11.1. The smallest absolute Gasteiger partial charge is 0.274 e. The van der Waals surface area contributed by atoms with Crippen LogP contribution >= 0.6 is 0 Å². The monoisotopic (exact) mass is 180 g/mol. The van der Waals surface area contributed by atoms with Gasteiger partial charge in [0.25, 0.3) is 5.56 Å². The summed E-state index contributed by atoms with van der Waals surface area (Å²) in [6, 6.07) is 1.82. The van der Waals surface area contributed by atoms with Crippen molar-refractivity contribution in [2.75, 3.05) is 0 Å². The molecule has 1 N–H and O–H groups in total. The fraction of sp³-hybridized carbons (Fsp3) is 0.400. The molecule has 0 atom stereocenters. The maximum Gasteiger partial charge on any atom is 0.274 e. The number of aryl methyl sites for hydroxylation is 1. The molecule has 0 amide bonds. The van der Waals surface area contributed by atoms with Gasteiger partial charge in [0.2, 0.25) is 0 Å². The molecule has 0 radical (unpaired) electrons. The number of aromatic nitrogens is 1. The number of H-pyrrole nitrogens is 1. The molecule has 0 saturated heterocycles. The van der Waals surface area contributed by atoms with Crippen molar-refractivity contribution in [2.45, 2.75) is 27.7 Å². The molecular formula is C10H16N2O. The molecular weight excluding hydrogens is 164 g/mol. The fourth-order valence-corrected chi connectivity index (χ4v) is 0.858. The van der Waals surface area contributed by atoms with Gasteiger partial charge < -0.3 is 4.98 Å². The predicted molar refractivity (Wildman–Crippen MR) is 57.0 cm³/mol. The zero-order valence-electron chi connectivity index (χ0n) is 8.59. The van der Waals surface area contributed by atoms with Gasteiger partial charge in [-0.25, -0.2) is 0 Å². The summed E-state index contributed by atoms with van der Waals surface area (Å²) >= 11 is 0. The molecule has 0 aliphatic rings. The second-order valence-corrected chi connectivity index (χ2v) is 2.23. The minimum absolute atomic E-state index is 0.136. The number of aromatic amines is 1. The molecule has 0 bridgehead atoms. The van der Waals surface area contributed by atoms with Gasteiger partial charge in [-0.2, -0.15) is 0 Å². The van der Waals surface area contributed by atoms with E-state index in [-0.39, 0.29) is 5.56 Å². The number of pyridine rings is 1. The van der Waals surface area contributed by atoms with Crippen molar-refractivity contribution in [3.8, 4) is 0 Å². The highest BCUT2D eigenvalue weighted by molar-refractivity contribution is 5.61. The van der Waals surface area contributed by atoms with Crippen LogP contribution in [0.25, 0.3) is 0 Å². The fourth-order valence-electron chi connectivity index (χ4n) is 0.858. The number of aliphatic imine (C=N–C) groups is 1. The van der Waals surface area contributed by atoms with Gasteiger partial charge in [-0.3, -0.25) is 9.79 Å². The second-order valence-electron chi connectivity index (χ2n) is 2.23. The maximum atomic E-state index is 11.1. The molecule has 0 fully saturated rings. The van der Waals surface area contributed by atoms with Crippen LogP contribution in [0.2, 0.25) is 0 Å². The summed E-state index contributed by atoms with van der Waals surface area (Å²) in [6.07, 6.45) is 3.23. The van der Waals surface area contributed by atoms with Crippen LogP contribution in [0.3, 0.4) is 0 Å². The summed E-state index contributed by atoms with van der Waals surface area (Å²) in [5.74, 6) is 0. The lowest BCUT2D eigenvalue weighted by Gasteiger charge is -1.94. The number of nitrogens with zero attached hydrogens (tertiary/aromatic N) is 1. The lowest BCUT2D eigenvalue weighted by atomic mass is 10.2. The van der Waals surface area contributed by atoms with Gasteiger partial charge in [0.05, 0.1) is 0 Å². The lowest BCUT2D eigenvalue weighted by molar-refractivity contribution is 1.19. The van der Waals surface area contributed by atoms with Crippen molar-refractivity contribution < 1.29 is 0 Å². The highest BCUT2D eigenvalue weighted by Crippen LogP contribution is 2.08. The van der Waals surface area contributed by atoms with E-state index in [9.17, 15) is 4.79 Å². The molecule has 0 aliphatic carbocycles. The molecule has 1 aromatic rings. The Hall–Kier alpha value is -1.38. The van der Waals surface area contributed by atoms with Crippen LogP contribution in [-0.2, 0) is 0 Å². The molecule has 13 heavy (non-hydrogen) atoms. The quantitative estimate of drug-likeness (QED) is 0.663. The minimum Gasteiger partial charge on any atom is -0.327 e. The molecule has 0 spiro atoms. The average Bonchev–Trinajstić information content (AvgIpc) is 2.15. The summed E-state index contributed by atoms with van der Waals surface area (Å²) in [5, 5.41) is 0. The van der Waals surface area contributed by atoms with Crippen molar-refractivity contribution in [1.82, 2.24) is 4.98 Å². The van der Waals surface area contributed by atoms with Gasteiger partial charge >= 0.3 is 0 Å². The van der Waals surface area contributed by atoms with Crippen molar-refractivity contribution in [2.24, 2.45) is 4.99 Å². The van der Waals surface area contributed by atoms with E-state index in [1.165, 1.54) is 0 Å². The molecule has 3 heteroatoms. The lowest BCUT2D eigenvalue weighted by Crippen LogP contribution is -2.04. The Kier molecular flexibility index (Phi) is 5.52. The van der Waals surface area contributed by atoms with Gasteiger partial charge in [0.1, 0.15) is 5.69 Å².